The average Bonchev–Trinajstić information content (AvgIpc) is 2.63. The van der Waals surface area contributed by atoms with Gasteiger partial charge in [0.15, 0.2) is 8.68 Å². The molecule has 19 heavy (non-hydrogen) atoms. The normalized spacial score (nSPS) is 12.1. The second kappa shape index (κ2) is 6.66. The number of aromatic nitrogens is 1. The lowest BCUT2D eigenvalue weighted by molar-refractivity contribution is 0.373. The lowest BCUT2D eigenvalue weighted by Crippen LogP contribution is -2.35. The van der Waals surface area contributed by atoms with Gasteiger partial charge in [-0.2, -0.15) is 9.57 Å². The Morgan fingerprint density at radius 1 is 1.53 bits per heavy atom. The number of hydrogen-bond acceptors (Lipinski definition) is 5. The third-order valence-electron chi connectivity index (χ3n) is 2.34. The van der Waals surface area contributed by atoms with Crippen LogP contribution >= 0.6 is 22.9 Å². The van der Waals surface area contributed by atoms with Crippen molar-refractivity contribution in [2.45, 2.75) is 31.4 Å². The molecule has 0 amide bonds. The molecular formula is C11H16ClN3O2S2. The number of sulfonamides is 1. The molecule has 0 spiro atoms. The van der Waals surface area contributed by atoms with Crippen molar-refractivity contribution in [3.05, 3.63) is 10.2 Å². The van der Waals surface area contributed by atoms with Crippen LogP contribution in [0.4, 0.5) is 0 Å². The van der Waals surface area contributed by atoms with Crippen LogP contribution in [0.1, 0.15) is 26.0 Å². The van der Waals surface area contributed by atoms with Crippen LogP contribution in [0.2, 0.25) is 4.47 Å². The molecule has 1 aromatic rings. The highest BCUT2D eigenvalue weighted by Gasteiger charge is 2.29. The minimum absolute atomic E-state index is 0.163. The molecule has 0 fully saturated rings. The first kappa shape index (κ1) is 16.4. The summed E-state index contributed by atoms with van der Waals surface area (Å²) < 4.78 is 26.8. The SMILES string of the molecule is Cc1nc(Cl)sc1S(=O)(=O)N(CCC#N)CC(C)C. The number of nitriles is 1. The van der Waals surface area contributed by atoms with Crippen molar-refractivity contribution >= 4 is 33.0 Å². The quantitative estimate of drug-likeness (QED) is 0.807. The predicted molar refractivity (Wildman–Crippen MR) is 75.7 cm³/mol. The molecule has 1 aromatic heterocycles. The second-order valence-corrected chi connectivity index (χ2v) is 8.22. The molecule has 0 aromatic carbocycles. The molecule has 0 saturated carbocycles. The summed E-state index contributed by atoms with van der Waals surface area (Å²) in [6.45, 7) is 6.04. The van der Waals surface area contributed by atoms with Crippen molar-refractivity contribution in [1.82, 2.24) is 9.29 Å². The molecule has 0 atom stereocenters. The third-order valence-corrected chi connectivity index (χ3v) is 6.06. The summed E-state index contributed by atoms with van der Waals surface area (Å²) in [6, 6.07) is 1.97. The molecule has 0 N–H and O–H groups in total. The monoisotopic (exact) mass is 321 g/mol. The van der Waals surface area contributed by atoms with Gasteiger partial charge in [0.25, 0.3) is 10.0 Å². The van der Waals surface area contributed by atoms with Crippen molar-refractivity contribution in [2.24, 2.45) is 5.92 Å². The van der Waals surface area contributed by atoms with E-state index in [9.17, 15) is 8.42 Å². The molecule has 0 saturated heterocycles. The van der Waals surface area contributed by atoms with Crippen LogP contribution in [-0.4, -0.2) is 30.8 Å². The number of nitrogens with zero attached hydrogens (tertiary/aromatic N) is 3. The molecule has 0 aliphatic heterocycles. The lowest BCUT2D eigenvalue weighted by Gasteiger charge is -2.22. The molecule has 0 bridgehead atoms. The Labute approximate surface area is 122 Å². The minimum Gasteiger partial charge on any atom is -0.229 e. The second-order valence-electron chi connectivity index (χ2n) is 4.50. The van der Waals surface area contributed by atoms with Crippen molar-refractivity contribution in [3.8, 4) is 6.07 Å². The maximum atomic E-state index is 12.5. The van der Waals surface area contributed by atoms with Crippen molar-refractivity contribution in [1.29, 1.82) is 5.26 Å². The van der Waals surface area contributed by atoms with E-state index in [2.05, 4.69) is 4.98 Å². The molecular weight excluding hydrogens is 306 g/mol. The lowest BCUT2D eigenvalue weighted by atomic mass is 10.2. The van der Waals surface area contributed by atoms with Gasteiger partial charge in [0.2, 0.25) is 0 Å². The Hall–Kier alpha value is -0.680. The van der Waals surface area contributed by atoms with Crippen LogP contribution in [0, 0.1) is 24.2 Å². The van der Waals surface area contributed by atoms with Crippen LogP contribution in [0.5, 0.6) is 0 Å². The van der Waals surface area contributed by atoms with Gasteiger partial charge in [-0.15, -0.1) is 0 Å². The minimum atomic E-state index is -3.62. The van der Waals surface area contributed by atoms with E-state index in [-0.39, 0.29) is 27.6 Å². The zero-order chi connectivity index (χ0) is 14.6. The zero-order valence-electron chi connectivity index (χ0n) is 11.1. The first-order valence-corrected chi connectivity index (χ1v) is 8.42. The van der Waals surface area contributed by atoms with Gasteiger partial charge in [-0.05, 0) is 12.8 Å². The predicted octanol–water partition coefficient (Wildman–Crippen LogP) is 2.67. The number of halogens is 1. The van der Waals surface area contributed by atoms with Crippen molar-refractivity contribution < 1.29 is 8.42 Å². The molecule has 1 heterocycles. The van der Waals surface area contributed by atoms with E-state index in [1.54, 1.807) is 6.92 Å². The van der Waals surface area contributed by atoms with E-state index >= 15 is 0 Å². The van der Waals surface area contributed by atoms with Gasteiger partial charge < -0.3 is 0 Å². The largest absolute Gasteiger partial charge is 0.254 e. The fourth-order valence-electron chi connectivity index (χ4n) is 1.60. The molecule has 8 heteroatoms. The molecule has 0 aliphatic carbocycles. The van der Waals surface area contributed by atoms with E-state index < -0.39 is 10.0 Å². The Morgan fingerprint density at radius 3 is 2.58 bits per heavy atom. The van der Waals surface area contributed by atoms with Gasteiger partial charge in [-0.3, -0.25) is 0 Å². The first-order valence-electron chi connectivity index (χ1n) is 5.79. The maximum Gasteiger partial charge on any atom is 0.254 e. The summed E-state index contributed by atoms with van der Waals surface area (Å²) in [6.07, 6.45) is 0.164. The molecule has 1 rings (SSSR count). The molecule has 106 valence electrons. The Morgan fingerprint density at radius 2 is 2.16 bits per heavy atom. The maximum absolute atomic E-state index is 12.5. The molecule has 0 unspecified atom stereocenters. The van der Waals surface area contributed by atoms with Crippen molar-refractivity contribution in [3.63, 3.8) is 0 Å². The summed E-state index contributed by atoms with van der Waals surface area (Å²) in [5, 5.41) is 8.64. The summed E-state index contributed by atoms with van der Waals surface area (Å²) in [4.78, 5) is 3.93. The van der Waals surface area contributed by atoms with Crippen LogP contribution in [0.15, 0.2) is 4.21 Å². The summed E-state index contributed by atoms with van der Waals surface area (Å²) in [5.41, 5.74) is 0.403. The third kappa shape index (κ3) is 4.14. The highest BCUT2D eigenvalue weighted by atomic mass is 35.5. The highest BCUT2D eigenvalue weighted by Crippen LogP contribution is 2.29. The number of aryl methyl sites for hydroxylation is 1. The molecule has 0 aliphatic rings. The Balaban J connectivity index is 3.12. The van der Waals surface area contributed by atoms with Gasteiger partial charge in [-0.1, -0.05) is 36.8 Å². The molecule has 0 radical (unpaired) electrons. The summed E-state index contributed by atoms with van der Waals surface area (Å²) in [5.74, 6) is 0.178. The van der Waals surface area contributed by atoms with Crippen molar-refractivity contribution in [2.75, 3.05) is 13.1 Å². The van der Waals surface area contributed by atoms with E-state index in [1.807, 2.05) is 19.9 Å². The smallest absolute Gasteiger partial charge is 0.229 e. The number of thiazole rings is 1. The van der Waals surface area contributed by atoms with Gasteiger partial charge in [-0.25, -0.2) is 13.4 Å². The fraction of sp³-hybridized carbons (Fsp3) is 0.636. The van der Waals surface area contributed by atoms with Crippen LogP contribution in [0.3, 0.4) is 0 Å². The van der Waals surface area contributed by atoms with Gasteiger partial charge >= 0.3 is 0 Å². The van der Waals surface area contributed by atoms with Gasteiger partial charge in [0, 0.05) is 19.5 Å². The van der Waals surface area contributed by atoms with E-state index in [4.69, 9.17) is 16.9 Å². The zero-order valence-corrected chi connectivity index (χ0v) is 13.4. The first-order chi connectivity index (χ1) is 8.78. The number of hydrogen-bond donors (Lipinski definition) is 0. The van der Waals surface area contributed by atoms with E-state index in [1.165, 1.54) is 4.31 Å². The Kier molecular flexibility index (Phi) is 5.74. The van der Waals surface area contributed by atoms with Crippen LogP contribution in [0.25, 0.3) is 0 Å². The van der Waals surface area contributed by atoms with Gasteiger partial charge in [0.1, 0.15) is 0 Å². The standard InChI is InChI=1S/C11H16ClN3O2S2/c1-8(2)7-15(6-4-5-13)19(16,17)10-9(3)14-11(12)18-10/h8H,4,6-7H2,1-3H3. The highest BCUT2D eigenvalue weighted by molar-refractivity contribution is 7.91. The summed E-state index contributed by atoms with van der Waals surface area (Å²) >= 11 is 6.71. The van der Waals surface area contributed by atoms with Crippen LogP contribution < -0.4 is 0 Å². The Bertz CT molecular complexity index is 575. The average molecular weight is 322 g/mol. The number of rotatable bonds is 6. The topological polar surface area (TPSA) is 74.1 Å². The molecule has 5 nitrogen and oxygen atoms in total. The van der Waals surface area contributed by atoms with Crippen LogP contribution in [-0.2, 0) is 10.0 Å². The van der Waals surface area contributed by atoms with Gasteiger partial charge in [0.05, 0.1) is 11.8 Å². The fourth-order valence-corrected chi connectivity index (χ4v) is 5.08. The van der Waals surface area contributed by atoms with E-state index in [0.717, 1.165) is 11.3 Å². The summed E-state index contributed by atoms with van der Waals surface area (Å²) in [7, 11) is -3.62. The van der Waals surface area contributed by atoms with E-state index in [0.29, 0.717) is 12.2 Å².